The van der Waals surface area contributed by atoms with E-state index in [1.54, 1.807) is 34.6 Å². The van der Waals surface area contributed by atoms with E-state index in [2.05, 4.69) is 0 Å². The molecular formula is C19H33NO9. The Bertz CT molecular complexity index is 534. The largest absolute Gasteiger partial charge is 0.463 e. The van der Waals surface area contributed by atoms with Crippen molar-refractivity contribution >= 4 is 17.9 Å². The number of hydrogen-bond acceptors (Lipinski definition) is 10. The van der Waals surface area contributed by atoms with E-state index >= 15 is 0 Å². The SMILES string of the molecule is CCOC(=O)C(OC1COCOC1)(C(=O)OCC)C(N)CCC(=O)OC(C)(C)C. The highest BCUT2D eigenvalue weighted by Gasteiger charge is 2.57. The number of ether oxygens (including phenoxy) is 6. The molecule has 0 aromatic carbocycles. The minimum absolute atomic E-state index is 0.000198. The summed E-state index contributed by atoms with van der Waals surface area (Å²) in [5.41, 5.74) is 3.29. The van der Waals surface area contributed by atoms with E-state index in [1.807, 2.05) is 0 Å². The Balaban J connectivity index is 3.10. The summed E-state index contributed by atoms with van der Waals surface area (Å²) in [5.74, 6) is -2.49. The van der Waals surface area contributed by atoms with Crippen LogP contribution in [-0.2, 0) is 42.8 Å². The Hall–Kier alpha value is -1.75. The van der Waals surface area contributed by atoms with Gasteiger partial charge >= 0.3 is 17.9 Å². The highest BCUT2D eigenvalue weighted by molar-refractivity contribution is 6.04. The van der Waals surface area contributed by atoms with Crippen LogP contribution in [0.2, 0.25) is 0 Å². The first-order valence-electron chi connectivity index (χ1n) is 9.72. The van der Waals surface area contributed by atoms with E-state index in [9.17, 15) is 14.4 Å². The van der Waals surface area contributed by atoms with Crippen molar-refractivity contribution in [2.75, 3.05) is 33.2 Å². The molecule has 10 nitrogen and oxygen atoms in total. The average Bonchev–Trinajstić information content (AvgIpc) is 2.64. The van der Waals surface area contributed by atoms with Crippen molar-refractivity contribution in [3.63, 3.8) is 0 Å². The summed E-state index contributed by atoms with van der Waals surface area (Å²) < 4.78 is 31.6. The standard InChI is InChI=1S/C19H33NO9/c1-6-26-16(22)19(17(23)27-7-2,28-13-10-24-12-25-11-13)14(20)8-9-15(21)29-18(3,4)5/h13-14H,6-12,20H2,1-5H3. The Labute approximate surface area is 171 Å². The first-order chi connectivity index (χ1) is 13.6. The van der Waals surface area contributed by atoms with Crippen molar-refractivity contribution < 1.29 is 42.8 Å². The zero-order valence-electron chi connectivity index (χ0n) is 17.9. The van der Waals surface area contributed by atoms with E-state index in [1.165, 1.54) is 0 Å². The van der Waals surface area contributed by atoms with Crippen LogP contribution in [0.15, 0.2) is 0 Å². The number of rotatable bonds is 10. The summed E-state index contributed by atoms with van der Waals surface area (Å²) in [7, 11) is 0. The molecule has 10 heteroatoms. The van der Waals surface area contributed by atoms with Crippen LogP contribution in [0.1, 0.15) is 47.5 Å². The lowest BCUT2D eigenvalue weighted by Crippen LogP contribution is -2.64. The first-order valence-corrected chi connectivity index (χ1v) is 9.72. The third-order valence-electron chi connectivity index (χ3n) is 3.89. The van der Waals surface area contributed by atoms with Crippen LogP contribution in [-0.4, -0.2) is 74.5 Å². The molecule has 1 aliphatic heterocycles. The van der Waals surface area contributed by atoms with Gasteiger partial charge in [0.15, 0.2) is 0 Å². The second kappa shape index (κ2) is 11.4. The fourth-order valence-electron chi connectivity index (χ4n) is 2.71. The summed E-state index contributed by atoms with van der Waals surface area (Å²) >= 11 is 0. The van der Waals surface area contributed by atoms with Gasteiger partial charge in [-0.15, -0.1) is 0 Å². The van der Waals surface area contributed by atoms with Crippen LogP contribution >= 0.6 is 0 Å². The monoisotopic (exact) mass is 419 g/mol. The molecule has 1 atom stereocenters. The van der Waals surface area contributed by atoms with Crippen molar-refractivity contribution in [2.45, 2.75) is 70.8 Å². The normalized spacial score (nSPS) is 16.8. The predicted octanol–water partition coefficient (Wildman–Crippen LogP) is 0.690. The maximum absolute atomic E-state index is 12.8. The van der Waals surface area contributed by atoms with E-state index in [0.29, 0.717) is 0 Å². The van der Waals surface area contributed by atoms with Gasteiger partial charge in [0, 0.05) is 6.42 Å². The molecule has 1 heterocycles. The number of hydrogen-bond donors (Lipinski definition) is 1. The van der Waals surface area contributed by atoms with Crippen molar-refractivity contribution in [1.29, 1.82) is 0 Å². The summed E-state index contributed by atoms with van der Waals surface area (Å²) in [6, 6.07) is -1.23. The van der Waals surface area contributed by atoms with Gasteiger partial charge in [-0.1, -0.05) is 0 Å². The molecular weight excluding hydrogens is 386 g/mol. The fourth-order valence-corrected chi connectivity index (χ4v) is 2.71. The molecule has 0 saturated carbocycles. The molecule has 29 heavy (non-hydrogen) atoms. The van der Waals surface area contributed by atoms with Gasteiger partial charge in [0.05, 0.1) is 32.5 Å². The van der Waals surface area contributed by atoms with E-state index in [0.717, 1.165) is 0 Å². The lowest BCUT2D eigenvalue weighted by molar-refractivity contribution is -0.228. The van der Waals surface area contributed by atoms with E-state index in [4.69, 9.17) is 34.2 Å². The Morgan fingerprint density at radius 1 is 1.03 bits per heavy atom. The van der Waals surface area contributed by atoms with Gasteiger partial charge in [-0.3, -0.25) is 4.79 Å². The second-order valence-corrected chi connectivity index (χ2v) is 7.51. The quantitative estimate of drug-likeness (QED) is 0.306. The molecule has 1 aliphatic rings. The molecule has 0 aromatic rings. The van der Waals surface area contributed by atoms with E-state index in [-0.39, 0.29) is 46.1 Å². The van der Waals surface area contributed by atoms with Crippen molar-refractivity contribution in [1.82, 2.24) is 0 Å². The fraction of sp³-hybridized carbons (Fsp3) is 0.842. The maximum atomic E-state index is 12.8. The summed E-state index contributed by atoms with van der Waals surface area (Å²) in [6.45, 7) is 8.66. The molecule has 2 N–H and O–H groups in total. The average molecular weight is 419 g/mol. The summed E-state index contributed by atoms with van der Waals surface area (Å²) in [4.78, 5) is 37.8. The molecule has 1 fully saturated rings. The van der Waals surface area contributed by atoms with Crippen LogP contribution < -0.4 is 5.73 Å². The molecule has 0 aromatic heterocycles. The summed E-state index contributed by atoms with van der Waals surface area (Å²) in [5, 5.41) is 0. The third kappa shape index (κ3) is 7.54. The first kappa shape index (κ1) is 25.3. The molecule has 168 valence electrons. The van der Waals surface area contributed by atoms with Gasteiger partial charge in [-0.2, -0.15) is 0 Å². The van der Waals surface area contributed by atoms with Crippen LogP contribution in [0.4, 0.5) is 0 Å². The van der Waals surface area contributed by atoms with Gasteiger partial charge in [0.1, 0.15) is 18.5 Å². The third-order valence-corrected chi connectivity index (χ3v) is 3.89. The number of carbonyl (C=O) groups is 3. The molecule has 1 unspecified atom stereocenters. The molecule has 0 amide bonds. The van der Waals surface area contributed by atoms with Gasteiger partial charge < -0.3 is 34.2 Å². The minimum Gasteiger partial charge on any atom is -0.463 e. The molecule has 1 saturated heterocycles. The Morgan fingerprint density at radius 2 is 1.55 bits per heavy atom. The number of nitrogens with two attached hydrogens (primary N) is 1. The van der Waals surface area contributed by atoms with Gasteiger partial charge in [0.25, 0.3) is 5.60 Å². The number of esters is 3. The van der Waals surface area contributed by atoms with Crippen molar-refractivity contribution in [3.8, 4) is 0 Å². The minimum atomic E-state index is -2.26. The maximum Gasteiger partial charge on any atom is 0.352 e. The molecule has 0 spiro atoms. The van der Waals surface area contributed by atoms with Crippen LogP contribution in [0.5, 0.6) is 0 Å². The molecule has 1 rings (SSSR count). The van der Waals surface area contributed by atoms with Crippen molar-refractivity contribution in [2.24, 2.45) is 5.73 Å². The lowest BCUT2D eigenvalue weighted by Gasteiger charge is -2.37. The lowest BCUT2D eigenvalue weighted by atomic mass is 9.90. The topological polar surface area (TPSA) is 133 Å². The predicted molar refractivity (Wildman–Crippen MR) is 101 cm³/mol. The molecule has 0 aliphatic carbocycles. The van der Waals surface area contributed by atoms with Gasteiger partial charge in [-0.25, -0.2) is 9.59 Å². The van der Waals surface area contributed by atoms with Crippen LogP contribution in [0.25, 0.3) is 0 Å². The zero-order chi connectivity index (χ0) is 22.1. The highest BCUT2D eigenvalue weighted by atomic mass is 16.7. The molecule has 0 bridgehead atoms. The highest BCUT2D eigenvalue weighted by Crippen LogP contribution is 2.27. The smallest absolute Gasteiger partial charge is 0.352 e. The molecule has 0 radical (unpaired) electrons. The number of carbonyl (C=O) groups excluding carboxylic acids is 3. The van der Waals surface area contributed by atoms with E-state index < -0.39 is 41.3 Å². The second-order valence-electron chi connectivity index (χ2n) is 7.51. The van der Waals surface area contributed by atoms with Gasteiger partial charge in [0.2, 0.25) is 0 Å². The zero-order valence-corrected chi connectivity index (χ0v) is 17.9. The van der Waals surface area contributed by atoms with Crippen LogP contribution in [0.3, 0.4) is 0 Å². The Kier molecular flexibility index (Phi) is 9.97. The Morgan fingerprint density at radius 3 is 2.00 bits per heavy atom. The van der Waals surface area contributed by atoms with Crippen molar-refractivity contribution in [3.05, 3.63) is 0 Å². The van der Waals surface area contributed by atoms with Gasteiger partial charge in [-0.05, 0) is 41.0 Å². The summed E-state index contributed by atoms with van der Waals surface area (Å²) in [6.07, 6.45) is -0.939. The van der Waals surface area contributed by atoms with Crippen LogP contribution in [0, 0.1) is 0 Å².